The minimum Gasteiger partial charge on any atom is -0.338 e. The van der Waals surface area contributed by atoms with E-state index in [1.807, 2.05) is 0 Å². The summed E-state index contributed by atoms with van der Waals surface area (Å²) < 4.78 is 17.2. The largest absolute Gasteiger partial charge is 0.338 e. The Labute approximate surface area is 89.5 Å². The van der Waals surface area contributed by atoms with Crippen molar-refractivity contribution >= 4 is 17.7 Å². The van der Waals surface area contributed by atoms with Gasteiger partial charge >= 0.3 is 6.03 Å². The molecule has 2 heterocycles. The summed E-state index contributed by atoms with van der Waals surface area (Å²) in [6.07, 6.45) is 2.40. The predicted octanol–water partition coefficient (Wildman–Crippen LogP) is 1.85. The number of aromatic nitrogens is 2. The van der Waals surface area contributed by atoms with Crippen molar-refractivity contribution in [1.29, 1.82) is 0 Å². The number of anilines is 2. The van der Waals surface area contributed by atoms with Crippen LogP contribution in [0.25, 0.3) is 0 Å². The number of hydrogen-bond donors (Lipinski definition) is 2. The lowest BCUT2D eigenvalue weighted by Crippen LogP contribution is -2.19. The van der Waals surface area contributed by atoms with Crippen LogP contribution in [0.1, 0.15) is 0 Å². The zero-order chi connectivity index (χ0) is 11.4. The Kier molecular flexibility index (Phi) is 2.77. The molecular formula is C9H7FN4O2. The molecule has 7 heteroatoms. The van der Waals surface area contributed by atoms with Crippen molar-refractivity contribution in [3.8, 4) is 0 Å². The molecule has 0 aliphatic carbocycles. The van der Waals surface area contributed by atoms with E-state index in [1.54, 1.807) is 0 Å². The van der Waals surface area contributed by atoms with Gasteiger partial charge in [-0.15, -0.1) is 0 Å². The van der Waals surface area contributed by atoms with Gasteiger partial charge in [0.05, 0.1) is 12.4 Å². The SMILES string of the molecule is O=C(Nc1ccc(F)cn1)Nc1ccno1. The minimum absolute atomic E-state index is 0.208. The molecule has 0 bridgehead atoms. The monoisotopic (exact) mass is 222 g/mol. The van der Waals surface area contributed by atoms with Gasteiger partial charge in [-0.25, -0.2) is 14.2 Å². The summed E-state index contributed by atoms with van der Waals surface area (Å²) in [5, 5.41) is 8.18. The molecule has 0 unspecified atom stereocenters. The lowest BCUT2D eigenvalue weighted by atomic mass is 10.4. The number of hydrogen-bond acceptors (Lipinski definition) is 4. The second-order valence-corrected chi connectivity index (χ2v) is 2.82. The minimum atomic E-state index is -0.546. The van der Waals surface area contributed by atoms with Crippen LogP contribution in [0, 0.1) is 5.82 Å². The zero-order valence-electron chi connectivity index (χ0n) is 7.98. The highest BCUT2D eigenvalue weighted by Crippen LogP contribution is 2.06. The summed E-state index contributed by atoms with van der Waals surface area (Å²) in [6.45, 7) is 0. The summed E-state index contributed by atoms with van der Waals surface area (Å²) in [6, 6.07) is 3.47. The fourth-order valence-corrected chi connectivity index (χ4v) is 0.989. The first kappa shape index (κ1) is 10.1. The smallest absolute Gasteiger partial charge is 0.327 e. The van der Waals surface area contributed by atoms with Crippen LogP contribution >= 0.6 is 0 Å². The highest BCUT2D eigenvalue weighted by Gasteiger charge is 2.05. The van der Waals surface area contributed by atoms with Crippen LogP contribution in [0.4, 0.5) is 20.9 Å². The standard InChI is InChI=1S/C9H7FN4O2/c10-6-1-2-7(11-5-6)13-9(15)14-8-3-4-12-16-8/h1-5H,(H2,11,13,14,15). The number of carbonyl (C=O) groups is 1. The maximum absolute atomic E-state index is 12.5. The molecular weight excluding hydrogens is 215 g/mol. The van der Waals surface area contributed by atoms with Crippen LogP contribution in [-0.4, -0.2) is 16.2 Å². The molecule has 16 heavy (non-hydrogen) atoms. The lowest BCUT2D eigenvalue weighted by Gasteiger charge is -2.03. The molecule has 2 aromatic rings. The number of carbonyl (C=O) groups excluding carboxylic acids is 1. The molecule has 0 saturated carbocycles. The van der Waals surface area contributed by atoms with Gasteiger partial charge in [0.25, 0.3) is 0 Å². The highest BCUT2D eigenvalue weighted by atomic mass is 19.1. The van der Waals surface area contributed by atoms with Gasteiger partial charge in [-0.3, -0.25) is 10.6 Å². The van der Waals surface area contributed by atoms with Crippen LogP contribution in [0.5, 0.6) is 0 Å². The first-order valence-electron chi connectivity index (χ1n) is 4.34. The molecule has 0 spiro atoms. The number of nitrogens with zero attached hydrogens (tertiary/aromatic N) is 2. The molecule has 0 aromatic carbocycles. The Morgan fingerprint density at radius 2 is 2.19 bits per heavy atom. The average Bonchev–Trinajstić information content (AvgIpc) is 2.74. The van der Waals surface area contributed by atoms with Gasteiger partial charge in [0.2, 0.25) is 5.88 Å². The topological polar surface area (TPSA) is 80.0 Å². The molecule has 0 fully saturated rings. The Morgan fingerprint density at radius 3 is 2.81 bits per heavy atom. The van der Waals surface area contributed by atoms with Crippen molar-refractivity contribution in [3.63, 3.8) is 0 Å². The van der Waals surface area contributed by atoms with Gasteiger partial charge in [0, 0.05) is 6.07 Å². The lowest BCUT2D eigenvalue weighted by molar-refractivity contribution is 0.261. The Morgan fingerprint density at radius 1 is 1.31 bits per heavy atom. The van der Waals surface area contributed by atoms with E-state index in [1.165, 1.54) is 24.4 Å². The molecule has 2 amide bonds. The predicted molar refractivity (Wildman–Crippen MR) is 53.3 cm³/mol. The average molecular weight is 222 g/mol. The van der Waals surface area contributed by atoms with Gasteiger partial charge < -0.3 is 4.52 Å². The van der Waals surface area contributed by atoms with Gasteiger partial charge in [0.15, 0.2) is 0 Å². The summed E-state index contributed by atoms with van der Waals surface area (Å²) >= 11 is 0. The van der Waals surface area contributed by atoms with Crippen LogP contribution in [0.15, 0.2) is 35.1 Å². The quantitative estimate of drug-likeness (QED) is 0.812. The molecule has 0 radical (unpaired) electrons. The van der Waals surface area contributed by atoms with Crippen LogP contribution in [0.3, 0.4) is 0 Å². The number of rotatable bonds is 2. The van der Waals surface area contributed by atoms with Crippen molar-refractivity contribution in [2.75, 3.05) is 10.6 Å². The van der Waals surface area contributed by atoms with Crippen molar-refractivity contribution in [2.45, 2.75) is 0 Å². The number of halogens is 1. The summed E-state index contributed by atoms with van der Waals surface area (Å²) in [4.78, 5) is 15.0. The van der Waals surface area contributed by atoms with E-state index in [4.69, 9.17) is 0 Å². The fraction of sp³-hybridized carbons (Fsp3) is 0. The van der Waals surface area contributed by atoms with E-state index in [-0.39, 0.29) is 11.7 Å². The molecule has 82 valence electrons. The third-order valence-electron chi connectivity index (χ3n) is 1.64. The van der Waals surface area contributed by atoms with E-state index >= 15 is 0 Å². The first-order valence-corrected chi connectivity index (χ1v) is 4.34. The fourth-order valence-electron chi connectivity index (χ4n) is 0.989. The van der Waals surface area contributed by atoms with E-state index < -0.39 is 11.8 Å². The number of urea groups is 1. The van der Waals surface area contributed by atoms with Gasteiger partial charge in [-0.05, 0) is 12.1 Å². The Balaban J connectivity index is 1.95. The van der Waals surface area contributed by atoms with Crippen LogP contribution < -0.4 is 10.6 Å². The summed E-state index contributed by atoms with van der Waals surface area (Å²) in [7, 11) is 0. The van der Waals surface area contributed by atoms with Crippen molar-refractivity contribution in [1.82, 2.24) is 10.1 Å². The van der Waals surface area contributed by atoms with Gasteiger partial charge in [-0.2, -0.15) is 0 Å². The Bertz CT molecular complexity index is 469. The van der Waals surface area contributed by atoms with E-state index in [9.17, 15) is 9.18 Å². The number of nitrogens with one attached hydrogen (secondary N) is 2. The molecule has 0 atom stereocenters. The van der Waals surface area contributed by atoms with Crippen LogP contribution in [0.2, 0.25) is 0 Å². The Hall–Kier alpha value is -2.44. The van der Waals surface area contributed by atoms with E-state index in [0.29, 0.717) is 0 Å². The first-order chi connectivity index (χ1) is 7.74. The van der Waals surface area contributed by atoms with Crippen LogP contribution in [-0.2, 0) is 0 Å². The maximum atomic E-state index is 12.5. The molecule has 0 aliphatic rings. The normalized spacial score (nSPS) is 9.81. The maximum Gasteiger partial charge on any atom is 0.327 e. The molecule has 2 N–H and O–H groups in total. The van der Waals surface area contributed by atoms with Crippen molar-refractivity contribution in [2.24, 2.45) is 0 Å². The third-order valence-corrected chi connectivity index (χ3v) is 1.64. The number of pyridine rings is 1. The van der Waals surface area contributed by atoms with Gasteiger partial charge in [0.1, 0.15) is 11.6 Å². The van der Waals surface area contributed by atoms with Gasteiger partial charge in [-0.1, -0.05) is 5.16 Å². The highest BCUT2D eigenvalue weighted by molar-refractivity contribution is 5.98. The number of amides is 2. The molecule has 2 aromatic heterocycles. The van der Waals surface area contributed by atoms with E-state index in [2.05, 4.69) is 25.3 Å². The molecule has 0 saturated heterocycles. The molecule has 6 nitrogen and oxygen atoms in total. The third kappa shape index (κ3) is 2.53. The van der Waals surface area contributed by atoms with E-state index in [0.717, 1.165) is 6.20 Å². The second-order valence-electron chi connectivity index (χ2n) is 2.82. The van der Waals surface area contributed by atoms with Crippen molar-refractivity contribution < 1.29 is 13.7 Å². The molecule has 0 aliphatic heterocycles. The summed E-state index contributed by atoms with van der Waals surface area (Å²) in [5.74, 6) is -0.0285. The van der Waals surface area contributed by atoms with Crippen molar-refractivity contribution in [3.05, 3.63) is 36.4 Å². The summed E-state index contributed by atoms with van der Waals surface area (Å²) in [5.41, 5.74) is 0. The zero-order valence-corrected chi connectivity index (χ0v) is 7.98. The molecule has 2 rings (SSSR count). The second kappa shape index (κ2) is 4.39.